The van der Waals surface area contributed by atoms with E-state index in [4.69, 9.17) is 4.52 Å². The number of nitrogens with zero attached hydrogens (tertiary/aromatic N) is 3. The molecule has 0 spiro atoms. The third kappa shape index (κ3) is 3.04. The monoisotopic (exact) mass is 383 g/mol. The fourth-order valence-corrected chi connectivity index (χ4v) is 6.68. The van der Waals surface area contributed by atoms with Gasteiger partial charge >= 0.3 is 0 Å². The molecule has 0 saturated carbocycles. The van der Waals surface area contributed by atoms with Crippen LogP contribution in [0.25, 0.3) is 10.6 Å². The van der Waals surface area contributed by atoms with Gasteiger partial charge in [-0.25, -0.2) is 8.42 Å². The number of aliphatic hydroxyl groups is 1. The maximum atomic E-state index is 13.1. The Morgan fingerprint density at radius 1 is 1.32 bits per heavy atom. The molecule has 4 heterocycles. The molecule has 136 valence electrons. The number of aromatic nitrogens is 1. The summed E-state index contributed by atoms with van der Waals surface area (Å²) in [5, 5.41) is 14.1. The summed E-state index contributed by atoms with van der Waals surface area (Å²) in [7, 11) is -3.64. The molecular weight excluding hydrogens is 362 g/mol. The van der Waals surface area contributed by atoms with Crippen molar-refractivity contribution in [3.05, 3.63) is 23.2 Å². The smallest absolute Gasteiger partial charge is 0.244 e. The topological polar surface area (TPSA) is 86.9 Å². The van der Waals surface area contributed by atoms with Gasteiger partial charge in [0.15, 0.2) is 5.76 Å². The summed E-state index contributed by atoms with van der Waals surface area (Å²) in [5.41, 5.74) is 0. The summed E-state index contributed by atoms with van der Waals surface area (Å²) in [5.74, 6) is 0.561. The fourth-order valence-electron chi connectivity index (χ4n) is 3.69. The first-order valence-corrected chi connectivity index (χ1v) is 10.7. The van der Waals surface area contributed by atoms with Gasteiger partial charge in [0.1, 0.15) is 0 Å². The Morgan fingerprint density at radius 3 is 2.76 bits per heavy atom. The van der Waals surface area contributed by atoms with Crippen molar-refractivity contribution in [2.75, 3.05) is 26.2 Å². The minimum atomic E-state index is -3.64. The van der Waals surface area contributed by atoms with Crippen LogP contribution in [-0.2, 0) is 10.0 Å². The molecule has 2 atom stereocenters. The SMILES string of the molecule is Cc1sc(-c2ccno2)cc1S(=O)(=O)N1C[C@H](O)[C@@H](N2CCCC2)C1. The molecule has 0 aliphatic carbocycles. The summed E-state index contributed by atoms with van der Waals surface area (Å²) in [4.78, 5) is 3.95. The van der Waals surface area contributed by atoms with Gasteiger partial charge in [0.05, 0.1) is 28.1 Å². The average Bonchev–Trinajstić information content (AvgIpc) is 3.34. The Bertz CT molecular complexity index is 841. The van der Waals surface area contributed by atoms with Crippen molar-refractivity contribution >= 4 is 21.4 Å². The number of likely N-dealkylation sites (tertiary alicyclic amines) is 1. The minimum absolute atomic E-state index is 0.107. The first kappa shape index (κ1) is 17.2. The van der Waals surface area contributed by atoms with Gasteiger partial charge in [-0.3, -0.25) is 4.90 Å². The number of aryl methyl sites for hydroxylation is 1. The molecule has 2 fully saturated rings. The second-order valence-corrected chi connectivity index (χ2v) is 9.77. The lowest BCUT2D eigenvalue weighted by Crippen LogP contribution is -2.41. The molecule has 0 aromatic carbocycles. The zero-order valence-corrected chi connectivity index (χ0v) is 15.6. The number of hydrogen-bond donors (Lipinski definition) is 1. The molecule has 0 amide bonds. The van der Waals surface area contributed by atoms with Crippen molar-refractivity contribution in [1.29, 1.82) is 0 Å². The van der Waals surface area contributed by atoms with Gasteiger partial charge in [-0.05, 0) is 38.9 Å². The van der Waals surface area contributed by atoms with Gasteiger partial charge in [0.2, 0.25) is 10.0 Å². The fraction of sp³-hybridized carbons (Fsp3) is 0.562. The quantitative estimate of drug-likeness (QED) is 0.862. The van der Waals surface area contributed by atoms with Crippen LogP contribution in [0.3, 0.4) is 0 Å². The van der Waals surface area contributed by atoms with Crippen LogP contribution in [0.4, 0.5) is 0 Å². The molecule has 0 radical (unpaired) electrons. The number of aliphatic hydroxyl groups excluding tert-OH is 1. The molecule has 2 aliphatic heterocycles. The van der Waals surface area contributed by atoms with Crippen LogP contribution in [0.5, 0.6) is 0 Å². The zero-order valence-electron chi connectivity index (χ0n) is 14.0. The normalized spacial score (nSPS) is 25.8. The van der Waals surface area contributed by atoms with Gasteiger partial charge in [0.25, 0.3) is 0 Å². The highest BCUT2D eigenvalue weighted by Crippen LogP contribution is 2.36. The maximum absolute atomic E-state index is 13.1. The lowest BCUT2D eigenvalue weighted by molar-refractivity contribution is 0.0983. The van der Waals surface area contributed by atoms with Crippen LogP contribution < -0.4 is 0 Å². The summed E-state index contributed by atoms with van der Waals surface area (Å²) in [6.45, 7) is 4.15. The summed E-state index contributed by atoms with van der Waals surface area (Å²) in [6.07, 6.45) is 3.12. The number of sulfonamides is 1. The summed E-state index contributed by atoms with van der Waals surface area (Å²) < 4.78 is 32.8. The first-order chi connectivity index (χ1) is 12.0. The molecule has 25 heavy (non-hydrogen) atoms. The highest BCUT2D eigenvalue weighted by molar-refractivity contribution is 7.89. The molecule has 2 aromatic heterocycles. The lowest BCUT2D eigenvalue weighted by atomic mass is 10.2. The Kier molecular flexibility index (Phi) is 4.45. The van der Waals surface area contributed by atoms with Crippen molar-refractivity contribution in [1.82, 2.24) is 14.4 Å². The van der Waals surface area contributed by atoms with Crippen LogP contribution in [0.1, 0.15) is 17.7 Å². The molecule has 7 nitrogen and oxygen atoms in total. The van der Waals surface area contributed by atoms with E-state index in [0.29, 0.717) is 17.2 Å². The van der Waals surface area contributed by atoms with Crippen molar-refractivity contribution in [3.63, 3.8) is 0 Å². The van der Waals surface area contributed by atoms with Crippen LogP contribution >= 0.6 is 11.3 Å². The van der Waals surface area contributed by atoms with Crippen LogP contribution in [0.2, 0.25) is 0 Å². The number of β-amino-alcohol motifs (C(OH)–C–C–N with tert-alkyl or cyclic N) is 1. The zero-order chi connectivity index (χ0) is 17.6. The van der Waals surface area contributed by atoms with E-state index in [0.717, 1.165) is 30.8 Å². The predicted octanol–water partition coefficient (Wildman–Crippen LogP) is 1.54. The van der Waals surface area contributed by atoms with Crippen molar-refractivity contribution in [2.45, 2.75) is 36.8 Å². The molecule has 0 bridgehead atoms. The van der Waals surface area contributed by atoms with E-state index in [1.165, 1.54) is 21.8 Å². The number of thiophene rings is 1. The second kappa shape index (κ2) is 6.48. The third-order valence-electron chi connectivity index (χ3n) is 5.01. The van der Waals surface area contributed by atoms with Crippen molar-refractivity contribution in [3.8, 4) is 10.6 Å². The van der Waals surface area contributed by atoms with E-state index in [1.807, 2.05) is 0 Å². The number of hydrogen-bond acceptors (Lipinski definition) is 7. The average molecular weight is 383 g/mol. The van der Waals surface area contributed by atoms with Crippen molar-refractivity contribution < 1.29 is 18.0 Å². The molecule has 2 saturated heterocycles. The van der Waals surface area contributed by atoms with Crippen LogP contribution in [0, 0.1) is 6.92 Å². The van der Waals surface area contributed by atoms with Crippen LogP contribution in [-0.4, -0.2) is 66.2 Å². The summed E-state index contributed by atoms with van der Waals surface area (Å²) >= 11 is 1.37. The summed E-state index contributed by atoms with van der Waals surface area (Å²) in [6, 6.07) is 3.25. The van der Waals surface area contributed by atoms with Crippen LogP contribution in [0.15, 0.2) is 27.7 Å². The first-order valence-electron chi connectivity index (χ1n) is 8.40. The third-order valence-corrected chi connectivity index (χ3v) is 8.16. The molecular formula is C16H21N3O4S2. The standard InChI is InChI=1S/C16H21N3O4S2/c1-11-16(8-15(24-11)14-4-5-17-23-14)25(21,22)19-9-12(13(20)10-19)18-6-2-3-7-18/h4-5,8,12-13,20H,2-3,6-7,9-10H2,1H3/t12-,13-/m0/s1. The number of rotatable bonds is 4. The van der Waals surface area contributed by atoms with E-state index >= 15 is 0 Å². The molecule has 2 aromatic rings. The maximum Gasteiger partial charge on any atom is 0.244 e. The van der Waals surface area contributed by atoms with Gasteiger partial charge in [-0.1, -0.05) is 5.16 Å². The minimum Gasteiger partial charge on any atom is -0.390 e. The van der Waals surface area contributed by atoms with E-state index < -0.39 is 16.1 Å². The van der Waals surface area contributed by atoms with Gasteiger partial charge in [-0.15, -0.1) is 11.3 Å². The molecule has 9 heteroatoms. The van der Waals surface area contributed by atoms with Gasteiger partial charge in [-0.2, -0.15) is 4.31 Å². The Labute approximate surface area is 150 Å². The lowest BCUT2D eigenvalue weighted by Gasteiger charge is -2.25. The predicted molar refractivity (Wildman–Crippen MR) is 93.9 cm³/mol. The Balaban J connectivity index is 1.60. The second-order valence-electron chi connectivity index (χ2n) is 6.61. The van der Waals surface area contributed by atoms with Gasteiger partial charge in [0, 0.05) is 24.0 Å². The Hall–Kier alpha value is -1.26. The molecule has 1 N–H and O–H groups in total. The highest BCUT2D eigenvalue weighted by Gasteiger charge is 2.42. The highest BCUT2D eigenvalue weighted by atomic mass is 32.2. The largest absolute Gasteiger partial charge is 0.390 e. The Morgan fingerprint density at radius 2 is 2.08 bits per heavy atom. The van der Waals surface area contributed by atoms with Crippen molar-refractivity contribution in [2.24, 2.45) is 0 Å². The van der Waals surface area contributed by atoms with Gasteiger partial charge < -0.3 is 9.63 Å². The van der Waals surface area contributed by atoms with E-state index in [1.54, 1.807) is 19.1 Å². The molecule has 4 rings (SSSR count). The van der Waals surface area contributed by atoms with E-state index in [-0.39, 0.29) is 17.5 Å². The van der Waals surface area contributed by atoms with E-state index in [9.17, 15) is 13.5 Å². The molecule has 0 unspecified atom stereocenters. The molecule has 2 aliphatic rings. The van der Waals surface area contributed by atoms with E-state index in [2.05, 4.69) is 10.1 Å².